The first-order chi connectivity index (χ1) is 7.36. The third kappa shape index (κ3) is 2.79. The first-order valence-corrected chi connectivity index (χ1v) is 5.25. The van der Waals surface area contributed by atoms with Crippen molar-refractivity contribution < 1.29 is 9.21 Å². The highest BCUT2D eigenvalue weighted by atomic mass is 16.3. The maximum Gasteiger partial charge on any atom is 0.237 e. The molecule has 1 unspecified atom stereocenters. The van der Waals surface area contributed by atoms with Gasteiger partial charge in [-0.2, -0.15) is 0 Å². The van der Waals surface area contributed by atoms with Crippen LogP contribution in [-0.2, 0) is 11.3 Å². The lowest BCUT2D eigenvalue weighted by Crippen LogP contribution is -2.42. The fourth-order valence-electron chi connectivity index (χ4n) is 1.69. The molecule has 0 radical (unpaired) electrons. The summed E-state index contributed by atoms with van der Waals surface area (Å²) < 4.78 is 5.09. The summed E-state index contributed by atoms with van der Waals surface area (Å²) in [7, 11) is 0. The Balaban J connectivity index is 1.84. The fourth-order valence-corrected chi connectivity index (χ4v) is 1.69. The van der Waals surface area contributed by atoms with Crippen LogP contribution in [0, 0.1) is 0 Å². The second kappa shape index (κ2) is 4.93. The van der Waals surface area contributed by atoms with Gasteiger partial charge in [0.25, 0.3) is 0 Å². The lowest BCUT2D eigenvalue weighted by molar-refractivity contribution is -0.122. The van der Waals surface area contributed by atoms with E-state index in [0.29, 0.717) is 6.54 Å². The molecule has 1 amide bonds. The number of nitrogens with zero attached hydrogens (tertiary/aromatic N) is 1. The number of carbonyl (C=O) groups excluding carboxylic acids is 1. The van der Waals surface area contributed by atoms with Gasteiger partial charge in [0.2, 0.25) is 5.91 Å². The summed E-state index contributed by atoms with van der Waals surface area (Å²) in [5.41, 5.74) is 0. The van der Waals surface area contributed by atoms with E-state index in [2.05, 4.69) is 15.6 Å². The molecular formula is C10H15N3O2. The van der Waals surface area contributed by atoms with Crippen LogP contribution in [0.4, 0.5) is 0 Å². The molecule has 1 aliphatic heterocycles. The van der Waals surface area contributed by atoms with Crippen molar-refractivity contribution in [1.29, 1.82) is 0 Å². The Morgan fingerprint density at radius 1 is 1.60 bits per heavy atom. The summed E-state index contributed by atoms with van der Waals surface area (Å²) in [5, 5.41) is 6.04. The van der Waals surface area contributed by atoms with Crippen molar-refractivity contribution in [2.24, 2.45) is 0 Å². The summed E-state index contributed by atoms with van der Waals surface area (Å²) in [6.07, 6.45) is 6.07. The Morgan fingerprint density at radius 3 is 3.33 bits per heavy atom. The molecule has 0 bridgehead atoms. The highest BCUT2D eigenvalue weighted by Crippen LogP contribution is 2.06. The van der Waals surface area contributed by atoms with Crippen molar-refractivity contribution in [2.45, 2.75) is 31.8 Å². The molecule has 2 rings (SSSR count). The third-order valence-electron chi connectivity index (χ3n) is 2.54. The van der Waals surface area contributed by atoms with Crippen LogP contribution in [0.25, 0.3) is 0 Å². The summed E-state index contributed by atoms with van der Waals surface area (Å²) in [6, 6.07) is -0.0994. The Labute approximate surface area is 88.3 Å². The molecule has 0 aliphatic carbocycles. The molecule has 5 nitrogen and oxygen atoms in total. The van der Waals surface area contributed by atoms with Gasteiger partial charge in [-0.25, -0.2) is 4.98 Å². The number of carbonyl (C=O) groups is 1. The normalized spacial score (nSPS) is 22.1. The van der Waals surface area contributed by atoms with E-state index in [9.17, 15) is 4.79 Å². The molecule has 0 saturated carbocycles. The highest BCUT2D eigenvalue weighted by Gasteiger charge is 2.19. The van der Waals surface area contributed by atoms with Crippen LogP contribution >= 0.6 is 0 Å². The van der Waals surface area contributed by atoms with Gasteiger partial charge >= 0.3 is 0 Å². The van der Waals surface area contributed by atoms with Crippen molar-refractivity contribution in [3.8, 4) is 0 Å². The number of aromatic nitrogens is 1. The molecule has 1 saturated heterocycles. The molecule has 1 aromatic rings. The Kier molecular flexibility index (Phi) is 3.34. The van der Waals surface area contributed by atoms with Crippen LogP contribution in [0.5, 0.6) is 0 Å². The maximum absolute atomic E-state index is 11.6. The van der Waals surface area contributed by atoms with E-state index in [4.69, 9.17) is 4.42 Å². The molecule has 5 heteroatoms. The van der Waals surface area contributed by atoms with Crippen LogP contribution < -0.4 is 10.6 Å². The number of nitrogens with one attached hydrogen (secondary N) is 2. The summed E-state index contributed by atoms with van der Waals surface area (Å²) in [6.45, 7) is 1.34. The van der Waals surface area contributed by atoms with Crippen LogP contribution in [0.15, 0.2) is 17.0 Å². The summed E-state index contributed by atoms with van der Waals surface area (Å²) >= 11 is 0. The molecular weight excluding hydrogens is 194 g/mol. The predicted molar refractivity (Wildman–Crippen MR) is 54.0 cm³/mol. The van der Waals surface area contributed by atoms with Gasteiger partial charge in [0.15, 0.2) is 6.39 Å². The van der Waals surface area contributed by atoms with Crippen molar-refractivity contribution in [2.75, 3.05) is 6.54 Å². The molecule has 1 fully saturated rings. The van der Waals surface area contributed by atoms with Crippen molar-refractivity contribution in [3.05, 3.63) is 18.4 Å². The first kappa shape index (κ1) is 10.2. The zero-order chi connectivity index (χ0) is 10.5. The van der Waals surface area contributed by atoms with Crippen molar-refractivity contribution >= 4 is 5.91 Å². The third-order valence-corrected chi connectivity index (χ3v) is 2.54. The zero-order valence-electron chi connectivity index (χ0n) is 8.53. The van der Waals surface area contributed by atoms with E-state index in [1.165, 1.54) is 6.39 Å². The van der Waals surface area contributed by atoms with Gasteiger partial charge in [0, 0.05) is 6.54 Å². The van der Waals surface area contributed by atoms with E-state index < -0.39 is 0 Å². The average molecular weight is 209 g/mol. The second-order valence-electron chi connectivity index (χ2n) is 3.69. The van der Waals surface area contributed by atoms with Gasteiger partial charge in [0.05, 0.1) is 18.8 Å². The molecule has 82 valence electrons. The van der Waals surface area contributed by atoms with Gasteiger partial charge in [-0.15, -0.1) is 0 Å². The number of rotatable bonds is 3. The highest BCUT2D eigenvalue weighted by molar-refractivity contribution is 5.81. The van der Waals surface area contributed by atoms with Crippen LogP contribution in [0.3, 0.4) is 0 Å². The van der Waals surface area contributed by atoms with Gasteiger partial charge in [-0.3, -0.25) is 10.1 Å². The Bertz CT molecular complexity index is 310. The predicted octanol–water partition coefficient (Wildman–Crippen LogP) is 0.433. The van der Waals surface area contributed by atoms with Crippen LogP contribution in [0.2, 0.25) is 0 Å². The number of hydrogen-bond acceptors (Lipinski definition) is 4. The quantitative estimate of drug-likeness (QED) is 0.757. The molecule has 0 spiro atoms. The minimum atomic E-state index is -0.0994. The summed E-state index contributed by atoms with van der Waals surface area (Å²) in [5.74, 6) is 0.846. The molecule has 1 aliphatic rings. The lowest BCUT2D eigenvalue weighted by Gasteiger charge is -2.13. The molecule has 15 heavy (non-hydrogen) atoms. The van der Waals surface area contributed by atoms with Crippen molar-refractivity contribution in [3.63, 3.8) is 0 Å². The Morgan fingerprint density at radius 2 is 2.53 bits per heavy atom. The van der Waals surface area contributed by atoms with Gasteiger partial charge in [-0.05, 0) is 19.3 Å². The smallest absolute Gasteiger partial charge is 0.237 e. The standard InChI is InChI=1S/C10H15N3O2/c14-10-9(3-1-2-4-12-10)13-6-8-5-11-7-15-8/h5,7,9,13H,1-4,6H2,(H,12,14). The molecule has 1 aromatic heterocycles. The first-order valence-electron chi connectivity index (χ1n) is 5.25. The number of amides is 1. The van der Waals surface area contributed by atoms with E-state index >= 15 is 0 Å². The average Bonchev–Trinajstić information content (AvgIpc) is 2.67. The van der Waals surface area contributed by atoms with Gasteiger partial charge < -0.3 is 9.73 Å². The molecule has 2 heterocycles. The minimum Gasteiger partial charge on any atom is -0.447 e. The summed E-state index contributed by atoms with van der Waals surface area (Å²) in [4.78, 5) is 15.4. The Hall–Kier alpha value is -1.36. The molecule has 0 aromatic carbocycles. The zero-order valence-corrected chi connectivity index (χ0v) is 8.53. The minimum absolute atomic E-state index is 0.0898. The largest absolute Gasteiger partial charge is 0.447 e. The van der Waals surface area contributed by atoms with Crippen LogP contribution in [-0.4, -0.2) is 23.5 Å². The van der Waals surface area contributed by atoms with Crippen molar-refractivity contribution in [1.82, 2.24) is 15.6 Å². The van der Waals surface area contributed by atoms with E-state index in [0.717, 1.165) is 31.6 Å². The van der Waals surface area contributed by atoms with E-state index in [-0.39, 0.29) is 11.9 Å². The monoisotopic (exact) mass is 209 g/mol. The SMILES string of the molecule is O=C1NCCCCC1NCc1cnco1. The van der Waals surface area contributed by atoms with E-state index in [1.54, 1.807) is 6.20 Å². The topological polar surface area (TPSA) is 67.2 Å². The molecule has 1 atom stereocenters. The van der Waals surface area contributed by atoms with Gasteiger partial charge in [-0.1, -0.05) is 0 Å². The van der Waals surface area contributed by atoms with Gasteiger partial charge in [0.1, 0.15) is 5.76 Å². The number of hydrogen-bond donors (Lipinski definition) is 2. The fraction of sp³-hybridized carbons (Fsp3) is 0.600. The number of oxazole rings is 1. The van der Waals surface area contributed by atoms with E-state index in [1.807, 2.05) is 0 Å². The second-order valence-corrected chi connectivity index (χ2v) is 3.69. The maximum atomic E-state index is 11.6. The van der Waals surface area contributed by atoms with Crippen LogP contribution in [0.1, 0.15) is 25.0 Å². The lowest BCUT2D eigenvalue weighted by atomic mass is 10.1. The molecule has 2 N–H and O–H groups in total.